The highest BCUT2D eigenvalue weighted by atomic mass is 16.3. The molecule has 0 bridgehead atoms. The fourth-order valence-electron chi connectivity index (χ4n) is 1.88. The van der Waals surface area contributed by atoms with Gasteiger partial charge in [-0.15, -0.1) is 0 Å². The van der Waals surface area contributed by atoms with Crippen LogP contribution in [0.25, 0.3) is 0 Å². The summed E-state index contributed by atoms with van der Waals surface area (Å²) in [5.74, 6) is 0.624. The lowest BCUT2D eigenvalue weighted by Gasteiger charge is -2.19. The van der Waals surface area contributed by atoms with E-state index in [0.717, 1.165) is 5.56 Å². The molecular weight excluding hydrogens is 188 g/mol. The third kappa shape index (κ3) is 2.82. The van der Waals surface area contributed by atoms with E-state index >= 15 is 0 Å². The van der Waals surface area contributed by atoms with Crippen LogP contribution in [0.3, 0.4) is 0 Å². The topological polar surface area (TPSA) is 37.3 Å². The van der Waals surface area contributed by atoms with Crippen LogP contribution in [0.2, 0.25) is 0 Å². The summed E-state index contributed by atoms with van der Waals surface area (Å²) in [6.45, 7) is 5.94. The summed E-state index contributed by atoms with van der Waals surface area (Å²) in [6, 6.07) is 6.98. The van der Waals surface area contributed by atoms with Gasteiger partial charge in [-0.2, -0.15) is 0 Å². The Morgan fingerprint density at radius 2 is 2.07 bits per heavy atom. The minimum Gasteiger partial charge on any atom is -0.508 e. The van der Waals surface area contributed by atoms with Crippen LogP contribution in [-0.2, 0) is 4.79 Å². The van der Waals surface area contributed by atoms with Gasteiger partial charge in [0.25, 0.3) is 0 Å². The SMILES string of the molecule is CCC(=O)C(c1cccc(O)c1)C(C)C. The number of phenols is 1. The second-order valence-electron chi connectivity index (χ2n) is 4.14. The van der Waals surface area contributed by atoms with Crippen LogP contribution in [-0.4, -0.2) is 10.9 Å². The van der Waals surface area contributed by atoms with Gasteiger partial charge in [-0.05, 0) is 23.6 Å². The van der Waals surface area contributed by atoms with Crippen LogP contribution in [0.1, 0.15) is 38.7 Å². The van der Waals surface area contributed by atoms with Gasteiger partial charge in [-0.3, -0.25) is 4.79 Å². The Hall–Kier alpha value is -1.31. The molecule has 0 aliphatic rings. The van der Waals surface area contributed by atoms with Gasteiger partial charge in [-0.1, -0.05) is 32.9 Å². The molecule has 2 heteroatoms. The molecule has 1 aromatic rings. The zero-order valence-corrected chi connectivity index (χ0v) is 9.53. The highest BCUT2D eigenvalue weighted by molar-refractivity contribution is 5.85. The number of ketones is 1. The summed E-state index contributed by atoms with van der Waals surface area (Å²) in [5.41, 5.74) is 0.914. The first-order chi connectivity index (χ1) is 7.06. The first kappa shape index (κ1) is 11.8. The number of benzene rings is 1. The Kier molecular flexibility index (Phi) is 3.89. The number of phenolic OH excluding ortho intramolecular Hbond substituents is 1. The number of carbonyl (C=O) groups excluding carboxylic acids is 1. The number of hydrogen-bond acceptors (Lipinski definition) is 2. The summed E-state index contributed by atoms with van der Waals surface area (Å²) in [7, 11) is 0. The van der Waals surface area contributed by atoms with Crippen molar-refractivity contribution >= 4 is 5.78 Å². The second kappa shape index (κ2) is 4.96. The first-order valence-electron chi connectivity index (χ1n) is 5.38. The maximum atomic E-state index is 11.8. The number of carbonyl (C=O) groups is 1. The van der Waals surface area contributed by atoms with Crippen LogP contribution in [0.5, 0.6) is 5.75 Å². The van der Waals surface area contributed by atoms with E-state index in [4.69, 9.17) is 0 Å². The van der Waals surface area contributed by atoms with E-state index in [9.17, 15) is 9.90 Å². The van der Waals surface area contributed by atoms with E-state index in [1.807, 2.05) is 26.8 Å². The van der Waals surface area contributed by atoms with Crippen molar-refractivity contribution in [2.24, 2.45) is 5.92 Å². The van der Waals surface area contributed by atoms with Crippen molar-refractivity contribution in [2.45, 2.75) is 33.1 Å². The molecule has 1 rings (SSSR count). The molecule has 0 fully saturated rings. The van der Waals surface area contributed by atoms with Crippen LogP contribution >= 0.6 is 0 Å². The lowest BCUT2D eigenvalue weighted by molar-refractivity contribution is -0.121. The normalized spacial score (nSPS) is 12.8. The molecule has 1 atom stereocenters. The van der Waals surface area contributed by atoms with Crippen molar-refractivity contribution in [3.8, 4) is 5.75 Å². The maximum absolute atomic E-state index is 11.8. The molecule has 0 aliphatic carbocycles. The Morgan fingerprint density at radius 1 is 1.40 bits per heavy atom. The van der Waals surface area contributed by atoms with Gasteiger partial charge in [0.1, 0.15) is 11.5 Å². The van der Waals surface area contributed by atoms with E-state index in [1.165, 1.54) is 0 Å². The van der Waals surface area contributed by atoms with Crippen LogP contribution in [0, 0.1) is 5.92 Å². The van der Waals surface area contributed by atoms with E-state index in [2.05, 4.69) is 0 Å². The average Bonchev–Trinajstić information content (AvgIpc) is 2.17. The van der Waals surface area contributed by atoms with E-state index < -0.39 is 0 Å². The average molecular weight is 206 g/mol. The number of Topliss-reactive ketones (excluding diaryl/α,β-unsaturated/α-hetero) is 1. The predicted molar refractivity (Wildman–Crippen MR) is 61.0 cm³/mol. The molecule has 1 aromatic carbocycles. The fraction of sp³-hybridized carbons (Fsp3) is 0.462. The Balaban J connectivity index is 3.04. The highest BCUT2D eigenvalue weighted by Gasteiger charge is 2.22. The van der Waals surface area contributed by atoms with Crippen LogP contribution in [0.15, 0.2) is 24.3 Å². The smallest absolute Gasteiger partial charge is 0.140 e. The number of hydrogen-bond donors (Lipinski definition) is 1. The Labute approximate surface area is 90.9 Å². The van der Waals surface area contributed by atoms with Gasteiger partial charge < -0.3 is 5.11 Å². The largest absolute Gasteiger partial charge is 0.508 e. The molecule has 1 unspecified atom stereocenters. The minimum absolute atomic E-state index is 0.0953. The van der Waals surface area contributed by atoms with Gasteiger partial charge in [0, 0.05) is 12.3 Å². The van der Waals surface area contributed by atoms with E-state index in [1.54, 1.807) is 18.2 Å². The molecule has 0 saturated carbocycles. The summed E-state index contributed by atoms with van der Waals surface area (Å²) in [6.07, 6.45) is 0.540. The second-order valence-corrected chi connectivity index (χ2v) is 4.14. The molecule has 0 heterocycles. The van der Waals surface area contributed by atoms with Crippen LogP contribution in [0.4, 0.5) is 0 Å². The van der Waals surface area contributed by atoms with Crippen molar-refractivity contribution in [2.75, 3.05) is 0 Å². The van der Waals surface area contributed by atoms with Gasteiger partial charge in [0.2, 0.25) is 0 Å². The van der Waals surface area contributed by atoms with Crippen molar-refractivity contribution in [1.82, 2.24) is 0 Å². The predicted octanol–water partition coefficient (Wildman–Crippen LogP) is 3.11. The summed E-state index contributed by atoms with van der Waals surface area (Å²) >= 11 is 0. The van der Waals surface area contributed by atoms with Crippen LogP contribution < -0.4 is 0 Å². The molecule has 0 aliphatic heterocycles. The Morgan fingerprint density at radius 3 is 2.53 bits per heavy atom. The summed E-state index contributed by atoms with van der Waals surface area (Å²) < 4.78 is 0. The number of aromatic hydroxyl groups is 1. The van der Waals surface area contributed by atoms with E-state index in [-0.39, 0.29) is 23.4 Å². The zero-order valence-electron chi connectivity index (χ0n) is 9.53. The molecule has 0 aromatic heterocycles. The van der Waals surface area contributed by atoms with Crippen molar-refractivity contribution in [3.63, 3.8) is 0 Å². The van der Waals surface area contributed by atoms with Crippen molar-refractivity contribution in [1.29, 1.82) is 0 Å². The lowest BCUT2D eigenvalue weighted by atomic mass is 9.84. The van der Waals surface area contributed by atoms with Gasteiger partial charge in [-0.25, -0.2) is 0 Å². The third-order valence-electron chi connectivity index (χ3n) is 2.59. The first-order valence-corrected chi connectivity index (χ1v) is 5.38. The molecule has 0 radical (unpaired) electrons. The molecule has 0 spiro atoms. The summed E-state index contributed by atoms with van der Waals surface area (Å²) in [5, 5.41) is 9.39. The van der Waals surface area contributed by atoms with Crippen molar-refractivity contribution in [3.05, 3.63) is 29.8 Å². The molecule has 2 nitrogen and oxygen atoms in total. The molecular formula is C13H18O2. The van der Waals surface area contributed by atoms with Gasteiger partial charge >= 0.3 is 0 Å². The molecule has 0 amide bonds. The monoisotopic (exact) mass is 206 g/mol. The minimum atomic E-state index is -0.0953. The highest BCUT2D eigenvalue weighted by Crippen LogP contribution is 2.28. The summed E-state index contributed by atoms with van der Waals surface area (Å²) in [4.78, 5) is 11.8. The van der Waals surface area contributed by atoms with Crippen molar-refractivity contribution < 1.29 is 9.90 Å². The number of rotatable bonds is 4. The Bertz CT molecular complexity index is 342. The van der Waals surface area contributed by atoms with E-state index in [0.29, 0.717) is 6.42 Å². The quantitative estimate of drug-likeness (QED) is 0.821. The molecule has 1 N–H and O–H groups in total. The maximum Gasteiger partial charge on any atom is 0.140 e. The standard InChI is InChI=1S/C13H18O2/c1-4-12(15)13(9(2)3)10-6-5-7-11(14)8-10/h5-9,13-14H,4H2,1-3H3. The molecule has 0 saturated heterocycles. The lowest BCUT2D eigenvalue weighted by Crippen LogP contribution is -2.17. The molecule has 15 heavy (non-hydrogen) atoms. The van der Waals surface area contributed by atoms with Gasteiger partial charge in [0.15, 0.2) is 0 Å². The van der Waals surface area contributed by atoms with Gasteiger partial charge in [0.05, 0.1) is 0 Å². The zero-order chi connectivity index (χ0) is 11.4. The molecule has 82 valence electrons. The third-order valence-corrected chi connectivity index (χ3v) is 2.59. The fourth-order valence-corrected chi connectivity index (χ4v) is 1.88.